The fourth-order valence-electron chi connectivity index (χ4n) is 1.74. The molecule has 0 aliphatic heterocycles. The molecule has 0 N–H and O–H groups in total. The molecule has 0 saturated heterocycles. The lowest BCUT2D eigenvalue weighted by atomic mass is 10.1. The summed E-state index contributed by atoms with van der Waals surface area (Å²) in [6.45, 7) is 0. The molecule has 0 atom stereocenters. The molecule has 0 aliphatic rings. The number of halogens is 1. The van der Waals surface area contributed by atoms with Gasteiger partial charge in [0.05, 0.1) is 0 Å². The summed E-state index contributed by atoms with van der Waals surface area (Å²) in [6, 6.07) is 17.1. The van der Waals surface area contributed by atoms with Gasteiger partial charge in [0, 0.05) is 9.58 Å². The Morgan fingerprint density at radius 3 is 2.38 bits per heavy atom. The SMILES string of the molecule is Fc1ccc(-c2cc3ccccc3s2)cc1. The van der Waals surface area contributed by atoms with Crippen molar-refractivity contribution in [2.75, 3.05) is 0 Å². The summed E-state index contributed by atoms with van der Waals surface area (Å²) in [5, 5.41) is 1.24. The van der Waals surface area contributed by atoms with Gasteiger partial charge in [-0.25, -0.2) is 4.39 Å². The molecule has 3 aromatic rings. The van der Waals surface area contributed by atoms with E-state index in [9.17, 15) is 4.39 Å². The van der Waals surface area contributed by atoms with Gasteiger partial charge in [-0.3, -0.25) is 0 Å². The van der Waals surface area contributed by atoms with Crippen molar-refractivity contribution in [3.8, 4) is 10.4 Å². The molecule has 0 radical (unpaired) electrons. The van der Waals surface area contributed by atoms with Crippen molar-refractivity contribution in [2.24, 2.45) is 0 Å². The van der Waals surface area contributed by atoms with Crippen LogP contribution in [0.2, 0.25) is 0 Å². The molecule has 0 fully saturated rings. The van der Waals surface area contributed by atoms with Gasteiger partial charge in [-0.15, -0.1) is 11.3 Å². The summed E-state index contributed by atoms with van der Waals surface area (Å²) in [4.78, 5) is 1.18. The zero-order valence-electron chi connectivity index (χ0n) is 8.48. The monoisotopic (exact) mass is 228 g/mol. The highest BCUT2D eigenvalue weighted by Crippen LogP contribution is 2.33. The predicted molar refractivity (Wildman–Crippen MR) is 67.2 cm³/mol. The summed E-state index contributed by atoms with van der Waals surface area (Å²) < 4.78 is 14.1. The van der Waals surface area contributed by atoms with E-state index in [0.29, 0.717) is 0 Å². The van der Waals surface area contributed by atoms with Gasteiger partial charge >= 0.3 is 0 Å². The van der Waals surface area contributed by atoms with E-state index in [4.69, 9.17) is 0 Å². The fourth-order valence-corrected chi connectivity index (χ4v) is 2.81. The minimum Gasteiger partial charge on any atom is -0.207 e. The Hall–Kier alpha value is -1.67. The summed E-state index contributed by atoms with van der Waals surface area (Å²) in [6.07, 6.45) is 0. The van der Waals surface area contributed by atoms with Crippen LogP contribution in [0, 0.1) is 5.82 Å². The molecule has 2 aromatic carbocycles. The molecule has 0 bridgehead atoms. The topological polar surface area (TPSA) is 0 Å². The highest BCUT2D eigenvalue weighted by Gasteiger charge is 2.03. The van der Waals surface area contributed by atoms with Crippen LogP contribution in [-0.2, 0) is 0 Å². The number of hydrogen-bond donors (Lipinski definition) is 0. The van der Waals surface area contributed by atoms with E-state index in [1.807, 2.05) is 24.3 Å². The molecular formula is C14H9FS. The molecule has 1 aromatic heterocycles. The first-order valence-electron chi connectivity index (χ1n) is 5.07. The molecule has 3 rings (SSSR count). The van der Waals surface area contributed by atoms with E-state index in [2.05, 4.69) is 18.2 Å². The van der Waals surface area contributed by atoms with Crippen molar-refractivity contribution in [3.05, 3.63) is 60.4 Å². The maximum absolute atomic E-state index is 12.8. The second-order valence-corrected chi connectivity index (χ2v) is 4.74. The minimum atomic E-state index is -0.190. The Morgan fingerprint density at radius 2 is 1.62 bits per heavy atom. The highest BCUT2D eigenvalue weighted by molar-refractivity contribution is 7.22. The average molecular weight is 228 g/mol. The van der Waals surface area contributed by atoms with Gasteiger partial charge in [0.2, 0.25) is 0 Å². The molecule has 0 saturated carbocycles. The average Bonchev–Trinajstić information content (AvgIpc) is 2.73. The summed E-state index contributed by atoms with van der Waals surface area (Å²) >= 11 is 1.73. The minimum absolute atomic E-state index is 0.190. The van der Waals surface area contributed by atoms with E-state index in [-0.39, 0.29) is 5.82 Å². The molecule has 0 unspecified atom stereocenters. The van der Waals surface area contributed by atoms with Crippen molar-refractivity contribution in [2.45, 2.75) is 0 Å². The van der Waals surface area contributed by atoms with E-state index in [1.54, 1.807) is 11.3 Å². The molecule has 2 heteroatoms. The second-order valence-electron chi connectivity index (χ2n) is 3.66. The number of rotatable bonds is 1. The van der Waals surface area contributed by atoms with E-state index in [0.717, 1.165) is 5.56 Å². The van der Waals surface area contributed by atoms with Gasteiger partial charge in [-0.1, -0.05) is 30.3 Å². The number of fused-ring (bicyclic) bond motifs is 1. The number of benzene rings is 2. The van der Waals surface area contributed by atoms with Crippen LogP contribution < -0.4 is 0 Å². The molecular weight excluding hydrogens is 219 g/mol. The summed E-state index contributed by atoms with van der Waals surface area (Å²) in [7, 11) is 0. The maximum atomic E-state index is 12.8. The lowest BCUT2D eigenvalue weighted by molar-refractivity contribution is 0.628. The Bertz CT molecular complexity index is 590. The first-order chi connectivity index (χ1) is 7.83. The largest absolute Gasteiger partial charge is 0.207 e. The molecule has 78 valence electrons. The second kappa shape index (κ2) is 3.72. The number of hydrogen-bond acceptors (Lipinski definition) is 1. The van der Waals surface area contributed by atoms with E-state index in [1.165, 1.54) is 27.1 Å². The third-order valence-corrected chi connectivity index (χ3v) is 3.72. The first kappa shape index (κ1) is 9.55. The van der Waals surface area contributed by atoms with Gasteiger partial charge in [0.1, 0.15) is 5.82 Å². The van der Waals surface area contributed by atoms with Crippen LogP contribution in [0.4, 0.5) is 4.39 Å². The fraction of sp³-hybridized carbons (Fsp3) is 0. The van der Waals surface area contributed by atoms with Gasteiger partial charge in [0.15, 0.2) is 0 Å². The molecule has 0 nitrogen and oxygen atoms in total. The maximum Gasteiger partial charge on any atom is 0.123 e. The van der Waals surface area contributed by atoms with Crippen LogP contribution >= 0.6 is 11.3 Å². The molecule has 0 amide bonds. The van der Waals surface area contributed by atoms with Crippen molar-refractivity contribution in [1.82, 2.24) is 0 Å². The Labute approximate surface area is 97.0 Å². The van der Waals surface area contributed by atoms with Crippen molar-refractivity contribution in [1.29, 1.82) is 0 Å². The summed E-state index contributed by atoms with van der Waals surface area (Å²) in [5.74, 6) is -0.190. The third kappa shape index (κ3) is 1.61. The Kier molecular flexibility index (Phi) is 2.22. The van der Waals surface area contributed by atoms with Gasteiger partial charge < -0.3 is 0 Å². The van der Waals surface area contributed by atoms with E-state index < -0.39 is 0 Å². The van der Waals surface area contributed by atoms with Crippen molar-refractivity contribution in [3.63, 3.8) is 0 Å². The van der Waals surface area contributed by atoms with Crippen molar-refractivity contribution >= 4 is 21.4 Å². The van der Waals surface area contributed by atoms with Gasteiger partial charge in [-0.05, 0) is 35.2 Å². The zero-order chi connectivity index (χ0) is 11.0. The molecule has 1 heterocycles. The molecule has 0 aliphatic carbocycles. The van der Waals surface area contributed by atoms with E-state index >= 15 is 0 Å². The third-order valence-electron chi connectivity index (χ3n) is 2.55. The number of thiophene rings is 1. The van der Waals surface area contributed by atoms with Gasteiger partial charge in [-0.2, -0.15) is 0 Å². The summed E-state index contributed by atoms with van der Waals surface area (Å²) in [5.41, 5.74) is 1.07. The standard InChI is InChI=1S/C14H9FS/c15-12-7-5-10(6-8-12)14-9-11-3-1-2-4-13(11)16-14/h1-9H. The molecule has 16 heavy (non-hydrogen) atoms. The smallest absolute Gasteiger partial charge is 0.123 e. The van der Waals surface area contributed by atoms with Crippen LogP contribution in [0.15, 0.2) is 54.6 Å². The lowest BCUT2D eigenvalue weighted by Crippen LogP contribution is -1.73. The first-order valence-corrected chi connectivity index (χ1v) is 5.89. The molecule has 0 spiro atoms. The normalized spacial score (nSPS) is 10.8. The zero-order valence-corrected chi connectivity index (χ0v) is 9.30. The van der Waals surface area contributed by atoms with Gasteiger partial charge in [0.25, 0.3) is 0 Å². The van der Waals surface area contributed by atoms with Crippen LogP contribution in [0.5, 0.6) is 0 Å². The Balaban J connectivity index is 2.15. The van der Waals surface area contributed by atoms with Crippen LogP contribution in [0.1, 0.15) is 0 Å². The Morgan fingerprint density at radius 1 is 0.875 bits per heavy atom. The van der Waals surface area contributed by atoms with Crippen LogP contribution in [-0.4, -0.2) is 0 Å². The highest BCUT2D eigenvalue weighted by atomic mass is 32.1. The predicted octanol–water partition coefficient (Wildman–Crippen LogP) is 4.71. The van der Waals surface area contributed by atoms with Crippen molar-refractivity contribution < 1.29 is 4.39 Å². The quantitative estimate of drug-likeness (QED) is 0.566. The lowest BCUT2D eigenvalue weighted by Gasteiger charge is -1.95. The van der Waals surface area contributed by atoms with Crippen LogP contribution in [0.25, 0.3) is 20.5 Å². The van der Waals surface area contributed by atoms with Crippen LogP contribution in [0.3, 0.4) is 0 Å².